The van der Waals surface area contributed by atoms with Crippen molar-refractivity contribution in [3.05, 3.63) is 41.7 Å². The summed E-state index contributed by atoms with van der Waals surface area (Å²) in [5, 5.41) is 5.60. The Kier molecular flexibility index (Phi) is 4.21. The predicted molar refractivity (Wildman–Crippen MR) is 95.7 cm³/mol. The highest BCUT2D eigenvalue weighted by Gasteiger charge is 2.26. The normalized spacial score (nSPS) is 18.3. The molecule has 0 aliphatic carbocycles. The number of hydrogen-bond acceptors (Lipinski definition) is 5. The lowest BCUT2D eigenvalue weighted by Gasteiger charge is -2.23. The van der Waals surface area contributed by atoms with Crippen LogP contribution < -0.4 is 4.74 Å². The van der Waals surface area contributed by atoms with Crippen LogP contribution in [0.15, 0.2) is 28.7 Å². The number of ether oxygens (including phenoxy) is 1. The summed E-state index contributed by atoms with van der Waals surface area (Å²) in [4.78, 5) is 6.90. The molecule has 6 nitrogen and oxygen atoms in total. The fourth-order valence-corrected chi connectivity index (χ4v) is 3.73. The largest absolute Gasteiger partial charge is 0.497 e. The zero-order chi connectivity index (χ0) is 17.4. The van der Waals surface area contributed by atoms with E-state index in [0.29, 0.717) is 6.04 Å². The van der Waals surface area contributed by atoms with Crippen LogP contribution in [0.2, 0.25) is 0 Å². The first-order valence-corrected chi connectivity index (χ1v) is 8.81. The number of nitrogens with zero attached hydrogens (tertiary/aromatic N) is 4. The molecule has 6 heteroatoms. The molecule has 0 bridgehead atoms. The summed E-state index contributed by atoms with van der Waals surface area (Å²) < 4.78 is 13.3. The smallest absolute Gasteiger partial charge is 0.147 e. The SMILES string of the molecule is COc1ccc2oc(CN3CCCC3Cn3nc(C)nc3C)cc2c1. The Bertz CT molecular complexity index is 883. The van der Waals surface area contributed by atoms with E-state index in [1.165, 1.54) is 12.8 Å². The maximum atomic E-state index is 6.02. The van der Waals surface area contributed by atoms with Crippen molar-refractivity contribution in [1.29, 1.82) is 0 Å². The molecule has 132 valence electrons. The highest BCUT2D eigenvalue weighted by Crippen LogP contribution is 2.27. The average Bonchev–Trinajstić information content (AvgIpc) is 3.27. The van der Waals surface area contributed by atoms with Gasteiger partial charge < -0.3 is 9.15 Å². The van der Waals surface area contributed by atoms with Gasteiger partial charge in [-0.15, -0.1) is 0 Å². The van der Waals surface area contributed by atoms with Crippen molar-refractivity contribution in [3.8, 4) is 5.75 Å². The molecule has 25 heavy (non-hydrogen) atoms. The molecule has 2 aromatic heterocycles. The highest BCUT2D eigenvalue weighted by atomic mass is 16.5. The lowest BCUT2D eigenvalue weighted by Crippen LogP contribution is -2.33. The third kappa shape index (κ3) is 3.26. The quantitative estimate of drug-likeness (QED) is 0.713. The number of hydrogen-bond donors (Lipinski definition) is 0. The Hall–Kier alpha value is -2.34. The summed E-state index contributed by atoms with van der Waals surface area (Å²) in [7, 11) is 1.69. The van der Waals surface area contributed by atoms with Gasteiger partial charge in [0.05, 0.1) is 20.2 Å². The van der Waals surface area contributed by atoms with Crippen LogP contribution in [0.1, 0.15) is 30.3 Å². The Morgan fingerprint density at radius 2 is 2.16 bits per heavy atom. The Labute approximate surface area is 147 Å². The number of methoxy groups -OCH3 is 1. The van der Waals surface area contributed by atoms with Gasteiger partial charge in [-0.3, -0.25) is 4.90 Å². The molecule has 1 unspecified atom stereocenters. The van der Waals surface area contributed by atoms with Crippen molar-refractivity contribution < 1.29 is 9.15 Å². The predicted octanol–water partition coefficient (Wildman–Crippen LogP) is 3.31. The second-order valence-electron chi connectivity index (χ2n) is 6.77. The Balaban J connectivity index is 1.50. The number of rotatable bonds is 5. The fraction of sp³-hybridized carbons (Fsp3) is 0.474. The first kappa shape index (κ1) is 16.1. The number of aryl methyl sites for hydroxylation is 2. The van der Waals surface area contributed by atoms with Gasteiger partial charge in [-0.1, -0.05) is 0 Å². The number of aromatic nitrogens is 3. The number of benzene rings is 1. The number of fused-ring (bicyclic) bond motifs is 1. The van der Waals surface area contributed by atoms with Gasteiger partial charge in [0, 0.05) is 11.4 Å². The van der Waals surface area contributed by atoms with E-state index in [1.807, 2.05) is 36.7 Å². The standard InChI is InChI=1S/C19H24N4O2/c1-13-20-14(2)23(21-13)11-16-5-4-8-22(16)12-18-10-15-9-17(24-3)6-7-19(15)25-18/h6-7,9-10,16H,4-5,8,11-12H2,1-3H3. The molecule has 0 saturated carbocycles. The molecule has 1 saturated heterocycles. The average molecular weight is 340 g/mol. The molecule has 0 spiro atoms. The van der Waals surface area contributed by atoms with E-state index in [9.17, 15) is 0 Å². The summed E-state index contributed by atoms with van der Waals surface area (Å²) in [5.74, 6) is 3.69. The molecular weight excluding hydrogens is 316 g/mol. The summed E-state index contributed by atoms with van der Waals surface area (Å²) >= 11 is 0. The van der Waals surface area contributed by atoms with Crippen LogP contribution >= 0.6 is 0 Å². The Morgan fingerprint density at radius 3 is 2.92 bits per heavy atom. The summed E-state index contributed by atoms with van der Waals surface area (Å²) in [6.45, 7) is 6.78. The van der Waals surface area contributed by atoms with Crippen molar-refractivity contribution in [2.75, 3.05) is 13.7 Å². The third-order valence-corrected chi connectivity index (χ3v) is 4.98. The van der Waals surface area contributed by atoms with E-state index in [4.69, 9.17) is 9.15 Å². The molecule has 1 aliphatic rings. The van der Waals surface area contributed by atoms with Gasteiger partial charge >= 0.3 is 0 Å². The van der Waals surface area contributed by atoms with Crippen LogP contribution in [0, 0.1) is 13.8 Å². The second kappa shape index (κ2) is 6.52. The van der Waals surface area contributed by atoms with Gasteiger partial charge in [-0.25, -0.2) is 9.67 Å². The van der Waals surface area contributed by atoms with Gasteiger partial charge in [0.15, 0.2) is 0 Å². The molecule has 1 fully saturated rings. The van der Waals surface area contributed by atoms with E-state index in [1.54, 1.807) is 7.11 Å². The van der Waals surface area contributed by atoms with Crippen LogP contribution in [0.25, 0.3) is 11.0 Å². The summed E-state index contributed by atoms with van der Waals surface area (Å²) in [5.41, 5.74) is 0.911. The maximum Gasteiger partial charge on any atom is 0.147 e. The molecule has 4 rings (SSSR count). The topological polar surface area (TPSA) is 56.3 Å². The van der Waals surface area contributed by atoms with E-state index in [-0.39, 0.29) is 0 Å². The fourth-order valence-electron chi connectivity index (χ4n) is 3.73. The molecule has 1 aliphatic heterocycles. The zero-order valence-corrected chi connectivity index (χ0v) is 15.0. The van der Waals surface area contributed by atoms with Gasteiger partial charge in [0.25, 0.3) is 0 Å². The van der Waals surface area contributed by atoms with Gasteiger partial charge in [-0.05, 0) is 57.5 Å². The number of likely N-dealkylation sites (tertiary alicyclic amines) is 1. The molecule has 0 N–H and O–H groups in total. The molecule has 1 atom stereocenters. The molecule has 1 aromatic carbocycles. The van der Waals surface area contributed by atoms with E-state index in [2.05, 4.69) is 21.0 Å². The minimum absolute atomic E-state index is 0.475. The van der Waals surface area contributed by atoms with Crippen molar-refractivity contribution in [1.82, 2.24) is 19.7 Å². The third-order valence-electron chi connectivity index (χ3n) is 4.98. The van der Waals surface area contributed by atoms with E-state index in [0.717, 1.165) is 53.8 Å². The zero-order valence-electron chi connectivity index (χ0n) is 15.0. The second-order valence-corrected chi connectivity index (χ2v) is 6.77. The summed E-state index contributed by atoms with van der Waals surface area (Å²) in [6, 6.07) is 8.52. The highest BCUT2D eigenvalue weighted by molar-refractivity contribution is 5.79. The van der Waals surface area contributed by atoms with E-state index < -0.39 is 0 Å². The minimum Gasteiger partial charge on any atom is -0.497 e. The van der Waals surface area contributed by atoms with Gasteiger partial charge in [0.2, 0.25) is 0 Å². The van der Waals surface area contributed by atoms with Gasteiger partial charge in [-0.2, -0.15) is 5.10 Å². The van der Waals surface area contributed by atoms with Crippen LogP contribution in [0.3, 0.4) is 0 Å². The first-order valence-electron chi connectivity index (χ1n) is 8.81. The van der Waals surface area contributed by atoms with Gasteiger partial charge in [0.1, 0.15) is 28.7 Å². The van der Waals surface area contributed by atoms with Crippen molar-refractivity contribution in [2.24, 2.45) is 0 Å². The van der Waals surface area contributed by atoms with Crippen molar-refractivity contribution >= 4 is 11.0 Å². The van der Waals surface area contributed by atoms with Crippen LogP contribution in [-0.2, 0) is 13.1 Å². The monoisotopic (exact) mass is 340 g/mol. The molecule has 0 radical (unpaired) electrons. The van der Waals surface area contributed by atoms with Crippen LogP contribution in [0.5, 0.6) is 5.75 Å². The van der Waals surface area contributed by atoms with E-state index >= 15 is 0 Å². The molecule has 0 amide bonds. The lowest BCUT2D eigenvalue weighted by molar-refractivity contribution is 0.204. The maximum absolute atomic E-state index is 6.02. The minimum atomic E-state index is 0.475. The van der Waals surface area contributed by atoms with Crippen molar-refractivity contribution in [2.45, 2.75) is 45.8 Å². The van der Waals surface area contributed by atoms with Crippen LogP contribution in [-0.4, -0.2) is 39.4 Å². The number of furan rings is 1. The molecular formula is C19H24N4O2. The first-order chi connectivity index (χ1) is 12.1. The Morgan fingerprint density at radius 1 is 1.28 bits per heavy atom. The lowest BCUT2D eigenvalue weighted by atomic mass is 10.2. The molecule has 3 aromatic rings. The van der Waals surface area contributed by atoms with Crippen molar-refractivity contribution in [3.63, 3.8) is 0 Å². The summed E-state index contributed by atoms with van der Waals surface area (Å²) in [6.07, 6.45) is 2.40. The molecule has 3 heterocycles. The van der Waals surface area contributed by atoms with Crippen LogP contribution in [0.4, 0.5) is 0 Å².